The molecule has 98 valence electrons. The summed E-state index contributed by atoms with van der Waals surface area (Å²) >= 11 is 0. The first-order chi connectivity index (χ1) is 8.43. The van der Waals surface area contributed by atoms with Crippen LogP contribution in [0.2, 0.25) is 0 Å². The molecule has 0 saturated carbocycles. The SMILES string of the molecule is COc1ccc(F)cc1C(C)NC(=O)CC(=O)O. The van der Waals surface area contributed by atoms with Gasteiger partial charge < -0.3 is 15.2 Å². The quantitative estimate of drug-likeness (QED) is 0.781. The number of methoxy groups -OCH3 is 1. The van der Waals surface area contributed by atoms with Crippen LogP contribution in [-0.4, -0.2) is 24.1 Å². The van der Waals surface area contributed by atoms with Crippen molar-refractivity contribution in [1.82, 2.24) is 5.32 Å². The highest BCUT2D eigenvalue weighted by Crippen LogP contribution is 2.25. The Hall–Kier alpha value is -2.11. The topological polar surface area (TPSA) is 75.6 Å². The highest BCUT2D eigenvalue weighted by atomic mass is 19.1. The third-order valence-electron chi connectivity index (χ3n) is 2.35. The lowest BCUT2D eigenvalue weighted by molar-refractivity contribution is -0.140. The summed E-state index contributed by atoms with van der Waals surface area (Å²) < 4.78 is 18.2. The van der Waals surface area contributed by atoms with Crippen molar-refractivity contribution in [1.29, 1.82) is 0 Å². The molecule has 1 rings (SSSR count). The molecule has 1 amide bonds. The molecule has 18 heavy (non-hydrogen) atoms. The van der Waals surface area contributed by atoms with Crippen molar-refractivity contribution in [2.24, 2.45) is 0 Å². The molecule has 0 spiro atoms. The molecule has 5 nitrogen and oxygen atoms in total. The fourth-order valence-electron chi connectivity index (χ4n) is 1.55. The molecule has 2 N–H and O–H groups in total. The normalized spacial score (nSPS) is 11.7. The molecule has 1 atom stereocenters. The molecule has 0 saturated heterocycles. The summed E-state index contributed by atoms with van der Waals surface area (Å²) in [5.74, 6) is -1.88. The van der Waals surface area contributed by atoms with E-state index < -0.39 is 30.2 Å². The summed E-state index contributed by atoms with van der Waals surface area (Å²) in [6, 6.07) is 3.39. The number of halogens is 1. The van der Waals surface area contributed by atoms with Gasteiger partial charge in [0.15, 0.2) is 0 Å². The number of nitrogens with one attached hydrogen (secondary N) is 1. The fourth-order valence-corrected chi connectivity index (χ4v) is 1.55. The second-order valence-corrected chi connectivity index (χ2v) is 3.75. The molecule has 1 unspecified atom stereocenters. The highest BCUT2D eigenvalue weighted by molar-refractivity contribution is 5.93. The monoisotopic (exact) mass is 255 g/mol. The van der Waals surface area contributed by atoms with Crippen LogP contribution in [0.4, 0.5) is 4.39 Å². The van der Waals surface area contributed by atoms with Crippen LogP contribution in [0.15, 0.2) is 18.2 Å². The zero-order chi connectivity index (χ0) is 13.7. The molecule has 0 aromatic heterocycles. The van der Waals surface area contributed by atoms with E-state index in [-0.39, 0.29) is 0 Å². The average Bonchev–Trinajstić information content (AvgIpc) is 2.27. The summed E-state index contributed by atoms with van der Waals surface area (Å²) in [6.07, 6.45) is -0.623. The average molecular weight is 255 g/mol. The number of ether oxygens (including phenoxy) is 1. The number of amides is 1. The third kappa shape index (κ3) is 3.73. The first-order valence-electron chi connectivity index (χ1n) is 5.28. The Labute approximate surface area is 104 Å². The Bertz CT molecular complexity index is 461. The molecule has 0 heterocycles. The van der Waals surface area contributed by atoms with Crippen molar-refractivity contribution >= 4 is 11.9 Å². The van der Waals surface area contributed by atoms with E-state index in [4.69, 9.17) is 9.84 Å². The number of rotatable bonds is 5. The Kier molecular flexibility index (Phi) is 4.65. The van der Waals surface area contributed by atoms with E-state index in [1.54, 1.807) is 6.92 Å². The smallest absolute Gasteiger partial charge is 0.312 e. The lowest BCUT2D eigenvalue weighted by atomic mass is 10.1. The number of aliphatic carboxylic acids is 1. The van der Waals surface area contributed by atoms with E-state index in [0.717, 1.165) is 0 Å². The molecule has 0 bridgehead atoms. The third-order valence-corrected chi connectivity index (χ3v) is 2.35. The second-order valence-electron chi connectivity index (χ2n) is 3.75. The highest BCUT2D eigenvalue weighted by Gasteiger charge is 2.16. The van der Waals surface area contributed by atoms with Crippen LogP contribution >= 0.6 is 0 Å². The van der Waals surface area contributed by atoms with Crippen molar-refractivity contribution in [3.05, 3.63) is 29.6 Å². The minimum absolute atomic E-state index is 0.430. The van der Waals surface area contributed by atoms with Gasteiger partial charge in [0.2, 0.25) is 5.91 Å². The van der Waals surface area contributed by atoms with Crippen LogP contribution in [0.5, 0.6) is 5.75 Å². The van der Waals surface area contributed by atoms with Crippen LogP contribution < -0.4 is 10.1 Å². The number of carboxylic acids is 1. The molecule has 0 fully saturated rings. The number of benzene rings is 1. The number of carbonyl (C=O) groups is 2. The van der Waals surface area contributed by atoms with Gasteiger partial charge in [0.05, 0.1) is 13.2 Å². The van der Waals surface area contributed by atoms with Crippen LogP contribution in [0.3, 0.4) is 0 Å². The van der Waals surface area contributed by atoms with Crippen LogP contribution in [0, 0.1) is 5.82 Å². The van der Waals surface area contributed by atoms with Gasteiger partial charge in [-0.05, 0) is 25.1 Å². The Morgan fingerprint density at radius 3 is 2.72 bits per heavy atom. The predicted molar refractivity (Wildman–Crippen MR) is 61.8 cm³/mol. The van der Waals surface area contributed by atoms with Gasteiger partial charge in [0.1, 0.15) is 18.0 Å². The molecule has 0 aliphatic carbocycles. The van der Waals surface area contributed by atoms with Crippen molar-refractivity contribution in [2.75, 3.05) is 7.11 Å². The molecule has 0 aliphatic rings. The molecule has 1 aromatic carbocycles. The maximum Gasteiger partial charge on any atom is 0.312 e. The first-order valence-corrected chi connectivity index (χ1v) is 5.28. The van der Waals surface area contributed by atoms with Crippen molar-refractivity contribution in [3.8, 4) is 5.75 Å². The predicted octanol–water partition coefficient (Wildman–Crippen LogP) is 1.49. The van der Waals surface area contributed by atoms with E-state index in [1.807, 2.05) is 0 Å². The summed E-state index contributed by atoms with van der Waals surface area (Å²) in [6.45, 7) is 1.62. The van der Waals surface area contributed by atoms with Gasteiger partial charge in [-0.15, -0.1) is 0 Å². The first kappa shape index (κ1) is 14.0. The van der Waals surface area contributed by atoms with Crippen LogP contribution in [0.25, 0.3) is 0 Å². The van der Waals surface area contributed by atoms with E-state index in [0.29, 0.717) is 11.3 Å². The Balaban J connectivity index is 2.83. The van der Waals surface area contributed by atoms with E-state index >= 15 is 0 Å². The van der Waals surface area contributed by atoms with Crippen molar-refractivity contribution in [3.63, 3.8) is 0 Å². The van der Waals surface area contributed by atoms with Gasteiger partial charge >= 0.3 is 5.97 Å². The number of hydrogen-bond donors (Lipinski definition) is 2. The number of hydrogen-bond acceptors (Lipinski definition) is 3. The largest absolute Gasteiger partial charge is 0.496 e. The van der Waals surface area contributed by atoms with Gasteiger partial charge in [-0.25, -0.2) is 4.39 Å². The molecule has 1 aromatic rings. The van der Waals surface area contributed by atoms with Crippen LogP contribution in [-0.2, 0) is 9.59 Å². The summed E-state index contributed by atoms with van der Waals surface area (Å²) in [5, 5.41) is 10.9. The van der Waals surface area contributed by atoms with E-state index in [2.05, 4.69) is 5.32 Å². The van der Waals surface area contributed by atoms with Gasteiger partial charge in [-0.2, -0.15) is 0 Å². The fraction of sp³-hybridized carbons (Fsp3) is 0.333. The van der Waals surface area contributed by atoms with Crippen LogP contribution in [0.1, 0.15) is 24.9 Å². The van der Waals surface area contributed by atoms with Gasteiger partial charge in [0.25, 0.3) is 0 Å². The zero-order valence-corrected chi connectivity index (χ0v) is 10.1. The molecule has 0 radical (unpaired) electrons. The molecular formula is C12H14FNO4. The molecular weight excluding hydrogens is 241 g/mol. The standard InChI is InChI=1S/C12H14FNO4/c1-7(14-11(15)6-12(16)17)9-5-8(13)3-4-10(9)18-2/h3-5,7H,6H2,1-2H3,(H,14,15)(H,16,17). The maximum absolute atomic E-state index is 13.1. The maximum atomic E-state index is 13.1. The minimum Gasteiger partial charge on any atom is -0.496 e. The summed E-state index contributed by atoms with van der Waals surface area (Å²) in [5.41, 5.74) is 0.455. The summed E-state index contributed by atoms with van der Waals surface area (Å²) in [7, 11) is 1.43. The Morgan fingerprint density at radius 2 is 2.17 bits per heavy atom. The zero-order valence-electron chi connectivity index (χ0n) is 10.1. The molecule has 6 heteroatoms. The van der Waals surface area contributed by atoms with Crippen molar-refractivity contribution < 1.29 is 23.8 Å². The van der Waals surface area contributed by atoms with Gasteiger partial charge in [-0.1, -0.05) is 0 Å². The van der Waals surface area contributed by atoms with E-state index in [9.17, 15) is 14.0 Å². The lowest BCUT2D eigenvalue weighted by Gasteiger charge is -2.16. The van der Waals surface area contributed by atoms with Gasteiger partial charge in [-0.3, -0.25) is 9.59 Å². The lowest BCUT2D eigenvalue weighted by Crippen LogP contribution is -2.28. The van der Waals surface area contributed by atoms with E-state index in [1.165, 1.54) is 25.3 Å². The summed E-state index contributed by atoms with van der Waals surface area (Å²) in [4.78, 5) is 21.7. The number of carboxylic acid groups (broad SMARTS) is 1. The van der Waals surface area contributed by atoms with Gasteiger partial charge in [0, 0.05) is 5.56 Å². The Morgan fingerprint density at radius 1 is 1.50 bits per heavy atom. The van der Waals surface area contributed by atoms with Crippen molar-refractivity contribution in [2.45, 2.75) is 19.4 Å². The minimum atomic E-state index is -1.22. The molecule has 0 aliphatic heterocycles. The second kappa shape index (κ2) is 6.00. The number of carbonyl (C=O) groups excluding carboxylic acids is 1.